The summed E-state index contributed by atoms with van der Waals surface area (Å²) in [6.07, 6.45) is 0. The maximum absolute atomic E-state index is 10.7. The minimum absolute atomic E-state index is 0.0988. The van der Waals surface area contributed by atoms with E-state index in [1.165, 1.54) is 11.6 Å². The van der Waals surface area contributed by atoms with Gasteiger partial charge < -0.3 is 10.1 Å². The van der Waals surface area contributed by atoms with Crippen LogP contribution >= 0.6 is 0 Å². The standard InChI is InChI=1S/C15H16N2O3/c1-11-9-14(7-8-15(11)17(18)19)20-13-5-3-12(4-6-13)10-16-2/h3-9,16H,10H2,1-2H3. The molecule has 0 unspecified atom stereocenters. The third kappa shape index (κ3) is 3.33. The van der Waals surface area contributed by atoms with Crippen molar-refractivity contribution in [2.45, 2.75) is 13.5 Å². The summed E-state index contributed by atoms with van der Waals surface area (Å²) in [5, 5.41) is 13.8. The zero-order chi connectivity index (χ0) is 14.5. The molecule has 0 aliphatic carbocycles. The Morgan fingerprint density at radius 3 is 2.35 bits per heavy atom. The Morgan fingerprint density at radius 1 is 1.15 bits per heavy atom. The van der Waals surface area contributed by atoms with Crippen molar-refractivity contribution in [2.75, 3.05) is 7.05 Å². The summed E-state index contributed by atoms with van der Waals surface area (Å²) >= 11 is 0. The minimum atomic E-state index is -0.397. The second-order valence-electron chi connectivity index (χ2n) is 4.48. The first-order valence-electron chi connectivity index (χ1n) is 6.26. The molecule has 0 saturated carbocycles. The van der Waals surface area contributed by atoms with Crippen LogP contribution in [0.2, 0.25) is 0 Å². The number of benzene rings is 2. The molecule has 2 aromatic rings. The highest BCUT2D eigenvalue weighted by molar-refractivity contribution is 5.45. The monoisotopic (exact) mass is 272 g/mol. The lowest BCUT2D eigenvalue weighted by atomic mass is 10.2. The Labute approximate surface area is 117 Å². The summed E-state index contributed by atoms with van der Waals surface area (Å²) in [4.78, 5) is 10.4. The maximum Gasteiger partial charge on any atom is 0.272 e. The number of nitro benzene ring substituents is 1. The normalized spacial score (nSPS) is 10.3. The molecule has 0 heterocycles. The van der Waals surface area contributed by atoms with Crippen LogP contribution in [0.5, 0.6) is 11.5 Å². The highest BCUT2D eigenvalue weighted by Gasteiger charge is 2.10. The first-order chi connectivity index (χ1) is 9.60. The fourth-order valence-electron chi connectivity index (χ4n) is 1.91. The molecule has 0 radical (unpaired) electrons. The van der Waals surface area contributed by atoms with Crippen LogP contribution in [0.4, 0.5) is 5.69 Å². The molecule has 0 aliphatic rings. The molecule has 5 nitrogen and oxygen atoms in total. The predicted molar refractivity (Wildman–Crippen MR) is 77.1 cm³/mol. The van der Waals surface area contributed by atoms with E-state index in [1.807, 2.05) is 31.3 Å². The molecule has 0 aromatic heterocycles. The number of rotatable bonds is 5. The number of hydrogen-bond donors (Lipinski definition) is 1. The lowest BCUT2D eigenvalue weighted by Gasteiger charge is -2.07. The van der Waals surface area contributed by atoms with Crippen LogP contribution in [0.15, 0.2) is 42.5 Å². The van der Waals surface area contributed by atoms with Crippen molar-refractivity contribution in [1.82, 2.24) is 5.32 Å². The molecule has 2 rings (SSSR count). The molecular formula is C15H16N2O3. The lowest BCUT2D eigenvalue weighted by Crippen LogP contribution is -2.04. The van der Waals surface area contributed by atoms with E-state index in [9.17, 15) is 10.1 Å². The van der Waals surface area contributed by atoms with Gasteiger partial charge in [0.2, 0.25) is 0 Å². The zero-order valence-corrected chi connectivity index (χ0v) is 11.4. The Kier molecular flexibility index (Phi) is 4.32. The van der Waals surface area contributed by atoms with Gasteiger partial charge in [-0.25, -0.2) is 0 Å². The topological polar surface area (TPSA) is 64.4 Å². The molecule has 0 amide bonds. The van der Waals surface area contributed by atoms with E-state index in [0.717, 1.165) is 6.54 Å². The lowest BCUT2D eigenvalue weighted by molar-refractivity contribution is -0.385. The number of nitrogens with one attached hydrogen (secondary N) is 1. The van der Waals surface area contributed by atoms with Gasteiger partial charge >= 0.3 is 0 Å². The summed E-state index contributed by atoms with van der Waals surface area (Å²) < 4.78 is 5.68. The van der Waals surface area contributed by atoms with Crippen molar-refractivity contribution in [2.24, 2.45) is 0 Å². The van der Waals surface area contributed by atoms with Crippen LogP contribution in [0.3, 0.4) is 0 Å². The summed E-state index contributed by atoms with van der Waals surface area (Å²) in [6, 6.07) is 12.4. The Morgan fingerprint density at radius 2 is 1.80 bits per heavy atom. The molecule has 104 valence electrons. The summed E-state index contributed by atoms with van der Waals surface area (Å²) in [6.45, 7) is 2.50. The number of nitrogens with zero attached hydrogens (tertiary/aromatic N) is 1. The number of hydrogen-bond acceptors (Lipinski definition) is 4. The Balaban J connectivity index is 2.13. The highest BCUT2D eigenvalue weighted by atomic mass is 16.6. The molecule has 0 atom stereocenters. The van der Waals surface area contributed by atoms with Gasteiger partial charge in [0.25, 0.3) is 5.69 Å². The van der Waals surface area contributed by atoms with Crippen molar-refractivity contribution in [3.63, 3.8) is 0 Å². The van der Waals surface area contributed by atoms with E-state index in [2.05, 4.69) is 5.32 Å². The van der Waals surface area contributed by atoms with Crippen LogP contribution in [-0.4, -0.2) is 12.0 Å². The van der Waals surface area contributed by atoms with Gasteiger partial charge in [0.15, 0.2) is 0 Å². The van der Waals surface area contributed by atoms with Crippen molar-refractivity contribution in [1.29, 1.82) is 0 Å². The largest absolute Gasteiger partial charge is 0.457 e. The van der Waals surface area contributed by atoms with Crippen LogP contribution < -0.4 is 10.1 Å². The Hall–Kier alpha value is -2.40. The molecule has 5 heteroatoms. The first-order valence-corrected chi connectivity index (χ1v) is 6.26. The van der Waals surface area contributed by atoms with E-state index >= 15 is 0 Å². The van der Waals surface area contributed by atoms with Gasteiger partial charge in [0, 0.05) is 18.2 Å². The van der Waals surface area contributed by atoms with E-state index in [0.29, 0.717) is 17.1 Å². The van der Waals surface area contributed by atoms with E-state index < -0.39 is 4.92 Å². The van der Waals surface area contributed by atoms with Gasteiger partial charge in [0.05, 0.1) is 4.92 Å². The molecule has 0 bridgehead atoms. The van der Waals surface area contributed by atoms with Crippen LogP contribution in [0, 0.1) is 17.0 Å². The van der Waals surface area contributed by atoms with Crippen LogP contribution in [0.1, 0.15) is 11.1 Å². The SMILES string of the molecule is CNCc1ccc(Oc2ccc([N+](=O)[O-])c(C)c2)cc1. The van der Waals surface area contributed by atoms with Gasteiger partial charge in [-0.05, 0) is 43.8 Å². The summed E-state index contributed by atoms with van der Waals surface area (Å²) in [7, 11) is 1.89. The van der Waals surface area contributed by atoms with E-state index in [1.54, 1.807) is 19.1 Å². The summed E-state index contributed by atoms with van der Waals surface area (Å²) in [5.41, 5.74) is 1.85. The molecular weight excluding hydrogens is 256 g/mol. The molecule has 2 aromatic carbocycles. The number of aryl methyl sites for hydroxylation is 1. The van der Waals surface area contributed by atoms with Gasteiger partial charge in [-0.2, -0.15) is 0 Å². The molecule has 0 aliphatic heterocycles. The molecule has 20 heavy (non-hydrogen) atoms. The average Bonchev–Trinajstić information content (AvgIpc) is 2.41. The predicted octanol–water partition coefficient (Wildman–Crippen LogP) is 3.41. The van der Waals surface area contributed by atoms with Crippen molar-refractivity contribution < 1.29 is 9.66 Å². The Bertz CT molecular complexity index is 609. The zero-order valence-electron chi connectivity index (χ0n) is 11.4. The summed E-state index contributed by atoms with van der Waals surface area (Å²) in [5.74, 6) is 1.30. The van der Waals surface area contributed by atoms with E-state index in [4.69, 9.17) is 4.74 Å². The third-order valence-electron chi connectivity index (χ3n) is 2.90. The molecule has 0 spiro atoms. The van der Waals surface area contributed by atoms with Crippen molar-refractivity contribution in [3.05, 3.63) is 63.7 Å². The first kappa shape index (κ1) is 14.0. The molecule has 0 saturated heterocycles. The van der Waals surface area contributed by atoms with E-state index in [-0.39, 0.29) is 5.69 Å². The average molecular weight is 272 g/mol. The van der Waals surface area contributed by atoms with Gasteiger partial charge in [-0.1, -0.05) is 12.1 Å². The number of ether oxygens (including phenoxy) is 1. The van der Waals surface area contributed by atoms with Gasteiger partial charge in [0.1, 0.15) is 11.5 Å². The van der Waals surface area contributed by atoms with Crippen molar-refractivity contribution in [3.8, 4) is 11.5 Å². The fourth-order valence-corrected chi connectivity index (χ4v) is 1.91. The van der Waals surface area contributed by atoms with Gasteiger partial charge in [-0.3, -0.25) is 10.1 Å². The molecule has 1 N–H and O–H groups in total. The molecule has 0 fully saturated rings. The second-order valence-corrected chi connectivity index (χ2v) is 4.48. The maximum atomic E-state index is 10.7. The van der Waals surface area contributed by atoms with Gasteiger partial charge in [-0.15, -0.1) is 0 Å². The third-order valence-corrected chi connectivity index (χ3v) is 2.90. The fraction of sp³-hybridized carbons (Fsp3) is 0.200. The smallest absolute Gasteiger partial charge is 0.272 e. The minimum Gasteiger partial charge on any atom is -0.457 e. The quantitative estimate of drug-likeness (QED) is 0.669. The second kappa shape index (κ2) is 6.16. The van der Waals surface area contributed by atoms with Crippen molar-refractivity contribution >= 4 is 5.69 Å². The number of nitro groups is 1. The highest BCUT2D eigenvalue weighted by Crippen LogP contribution is 2.27. The van der Waals surface area contributed by atoms with Crippen LogP contribution in [-0.2, 0) is 6.54 Å². The van der Waals surface area contributed by atoms with Crippen LogP contribution in [0.25, 0.3) is 0 Å².